The maximum absolute atomic E-state index is 13.7. The molecule has 23 heteroatoms. The molecule has 0 aliphatic rings. The number of pyridine rings is 6. The Morgan fingerprint density at radius 3 is 0.660 bits per heavy atom. The number of hydrogen-bond donors (Lipinski definition) is 0. The molecule has 10 heterocycles. The first-order valence-electron chi connectivity index (χ1n) is 45.9. The Morgan fingerprint density at radius 1 is 0.156 bits per heavy atom. The van der Waals surface area contributed by atoms with Gasteiger partial charge >= 0.3 is 84.3 Å². The van der Waals surface area contributed by atoms with Gasteiger partial charge in [0.05, 0.1) is 0 Å². The van der Waals surface area contributed by atoms with Gasteiger partial charge < -0.3 is 59.5 Å². The van der Waals surface area contributed by atoms with Crippen molar-refractivity contribution in [3.63, 3.8) is 0 Å². The molecule has 0 unspecified atom stereocenters. The summed E-state index contributed by atoms with van der Waals surface area (Å²) in [6.07, 6.45) is 34.4. The van der Waals surface area contributed by atoms with Crippen LogP contribution in [-0.4, -0.2) is 69.8 Å². The van der Waals surface area contributed by atoms with E-state index >= 15 is 0 Å². The van der Waals surface area contributed by atoms with Gasteiger partial charge in [0.1, 0.15) is 5.82 Å². The number of benzene rings is 13. The zero-order chi connectivity index (χ0) is 96.3. The Bertz CT molecular complexity index is 7380. The van der Waals surface area contributed by atoms with E-state index in [-0.39, 0.29) is 90.1 Å². The van der Waals surface area contributed by atoms with Gasteiger partial charge in [0.2, 0.25) is 0 Å². The predicted molar refractivity (Wildman–Crippen MR) is 564 cm³/mol. The second-order valence-electron chi connectivity index (χ2n) is 32.1. The van der Waals surface area contributed by atoms with Gasteiger partial charge in [-0.2, -0.15) is 0 Å². The molecule has 10 aromatic heterocycles. The summed E-state index contributed by atoms with van der Waals surface area (Å²) in [5.74, 6) is -0.303. The van der Waals surface area contributed by atoms with Crippen LogP contribution in [0.5, 0.6) is 0 Å². The summed E-state index contributed by atoms with van der Waals surface area (Å²) in [7, 11) is 0. The Kier molecular flexibility index (Phi) is 35.9. The van der Waals surface area contributed by atoms with Crippen molar-refractivity contribution < 1.29 is 88.7 Å². The van der Waals surface area contributed by atoms with Gasteiger partial charge in [-0.1, -0.05) is 163 Å². The van der Waals surface area contributed by atoms with E-state index in [4.69, 9.17) is 9.97 Å². The molecule has 147 heavy (non-hydrogen) atoms. The maximum atomic E-state index is 13.7. The van der Waals surface area contributed by atoms with Gasteiger partial charge in [-0.15, -0.1) is 226 Å². The summed E-state index contributed by atoms with van der Waals surface area (Å²) >= 11 is 0. The minimum atomic E-state index is -0.303. The normalized spacial score (nSPS) is 10.4. The van der Waals surface area contributed by atoms with Crippen molar-refractivity contribution in [1.82, 2.24) is 69.8 Å². The zero-order valence-corrected chi connectivity index (χ0v) is 87.0. The standard InChI is InChI=1S/C46H31N3.C27H18N4.C26H16FN5.C25H16N6.4Pt/c1-4-14-34(15-5-1)37-22-24-42(25-23-37)49(43-30-38(35-16-6-2-7-17-35)28-40(32-43)45-20-10-12-26-47-45)44-31-39(36-18-8-3-9-19-36)29-41(33-44)46-21-11-13-27-48-46;1-3-15-29-26(11-1)21-7-5-9-24(19-21)31(23-13-17-28-18-14-23)25-10-6-8-22(20-25)27-12-2-4-16-30-27;27-21-7-9-22(10-8-21)32(23-5-1-3-19(15-23)25-17-28-11-13-30-25)24-6-2-4-20(16-24)26-18-29-12-14-31-26;1-3-19(24-17-27-11-13-29-24)15-22(5-1)31(21-7-9-26-10-8-21)23-6-2-4-20(16-23)25-18-28-12-14-30-25;;;;/h1-31H;1-18H;1-14,17-18H;1-14,17-18H;;;;/q4*-2;4*+2. The third kappa shape index (κ3) is 26.0. The van der Waals surface area contributed by atoms with Gasteiger partial charge in [0.25, 0.3) is 0 Å². The van der Waals surface area contributed by atoms with Crippen LogP contribution < -0.4 is 19.6 Å². The topological polar surface area (TPSA) is 193 Å². The van der Waals surface area contributed by atoms with Gasteiger partial charge in [-0.05, 0) is 175 Å². The molecule has 0 amide bonds. The van der Waals surface area contributed by atoms with Crippen LogP contribution in [0.15, 0.2) is 494 Å². The Labute approximate surface area is 910 Å². The van der Waals surface area contributed by atoms with E-state index in [0.717, 1.165) is 175 Å². The molecule has 0 aliphatic heterocycles. The molecule has 18 nitrogen and oxygen atoms in total. The SMILES string of the molecule is Fc1ccc(N(c2[c-]c(-c3cnccn3)ccc2)c2[c-]c(-c3cnccn3)ccc2)cc1.[Pt+2].[Pt+2].[Pt+2].[Pt+2].[c-]1c(-c2ccccn2)cc(-c2ccccc2)cc1N(c1[c-]c(-c2ccccn2)cc(-c2ccccc2)c1)c1ccc(-c2ccccc2)cc1.[c-]1c(-c2ccccn2)cccc1N(c1[c-]c(-c2ccccn2)ccc1)c1ccncc1.[c-]1c(-c2cnccn2)cccc1N(c1[c-]c(-c2cnccn2)ccc1)c1ccncc1. The van der Waals surface area contributed by atoms with E-state index in [1.807, 2.05) is 242 Å². The van der Waals surface area contributed by atoms with Crippen molar-refractivity contribution in [2.75, 3.05) is 19.6 Å². The van der Waals surface area contributed by atoms with Crippen LogP contribution in [-0.2, 0) is 84.3 Å². The summed E-state index contributed by atoms with van der Waals surface area (Å²) in [5.41, 5.74) is 30.5. The number of rotatable bonds is 23. The van der Waals surface area contributed by atoms with Crippen molar-refractivity contribution in [2.24, 2.45) is 0 Å². The molecular weight excluding hydrogens is 2540 g/mol. The van der Waals surface area contributed by atoms with Crippen LogP contribution in [0.3, 0.4) is 0 Å². The summed E-state index contributed by atoms with van der Waals surface area (Å²) < 4.78 is 13.7. The number of halogens is 1. The molecule has 0 aliphatic carbocycles. The van der Waals surface area contributed by atoms with Gasteiger partial charge in [0.15, 0.2) is 0 Å². The minimum absolute atomic E-state index is 0. The first-order chi connectivity index (χ1) is 70.8. The molecule has 0 saturated carbocycles. The summed E-state index contributed by atoms with van der Waals surface area (Å²) in [6, 6.07) is 151. The number of aromatic nitrogens is 14. The average Bonchev–Trinajstić information content (AvgIpc) is 0.764. The third-order valence-corrected chi connectivity index (χ3v) is 22.8. The van der Waals surface area contributed by atoms with Crippen molar-refractivity contribution in [3.8, 4) is 123 Å². The molecule has 23 rings (SSSR count). The van der Waals surface area contributed by atoms with Crippen LogP contribution in [0.25, 0.3) is 123 Å². The van der Waals surface area contributed by atoms with E-state index in [0.29, 0.717) is 11.4 Å². The fraction of sp³-hybridized carbons (Fsp3) is 0. The van der Waals surface area contributed by atoms with Gasteiger partial charge in [-0.25, -0.2) is 4.39 Å². The fourth-order valence-corrected chi connectivity index (χ4v) is 16.1. The van der Waals surface area contributed by atoms with Crippen molar-refractivity contribution >= 4 is 68.2 Å². The molecule has 0 atom stereocenters. The quantitative estimate of drug-likeness (QED) is 0.0548. The first-order valence-corrected chi connectivity index (χ1v) is 45.9. The Balaban J connectivity index is 0.000000142. The number of hydrogen-bond acceptors (Lipinski definition) is 18. The van der Waals surface area contributed by atoms with E-state index in [9.17, 15) is 4.39 Å². The molecule has 0 fully saturated rings. The van der Waals surface area contributed by atoms with Crippen LogP contribution in [0, 0.1) is 54.3 Å². The summed E-state index contributed by atoms with van der Waals surface area (Å²) in [4.78, 5) is 69.3. The first kappa shape index (κ1) is 103. The Hall–Kier alpha value is -17.0. The summed E-state index contributed by atoms with van der Waals surface area (Å²) in [5, 5.41) is 0. The number of nitrogens with zero attached hydrogens (tertiary/aromatic N) is 18. The zero-order valence-electron chi connectivity index (χ0n) is 78.0. The molecular formula is C124H81FN18Pt4. The minimum Gasteiger partial charge on any atom is -0.346 e. The predicted octanol–water partition coefficient (Wildman–Crippen LogP) is 29.0. The second kappa shape index (κ2) is 51.3. The third-order valence-electron chi connectivity index (χ3n) is 22.8. The second-order valence-corrected chi connectivity index (χ2v) is 32.1. The van der Waals surface area contributed by atoms with Crippen LogP contribution >= 0.6 is 0 Å². The molecule has 0 spiro atoms. The molecule has 0 saturated heterocycles. The molecule has 23 aromatic rings. The fourth-order valence-electron chi connectivity index (χ4n) is 16.1. The van der Waals surface area contributed by atoms with Gasteiger partial charge in [0, 0.05) is 169 Å². The van der Waals surface area contributed by atoms with E-state index in [2.05, 4.69) is 244 Å². The van der Waals surface area contributed by atoms with E-state index in [1.54, 1.807) is 124 Å². The number of anilines is 12. The molecule has 13 aromatic carbocycles. The van der Waals surface area contributed by atoms with E-state index in [1.165, 1.54) is 17.7 Å². The molecule has 0 radical (unpaired) electrons. The van der Waals surface area contributed by atoms with Crippen molar-refractivity contribution in [1.29, 1.82) is 0 Å². The van der Waals surface area contributed by atoms with Crippen LogP contribution in [0.4, 0.5) is 72.6 Å². The van der Waals surface area contributed by atoms with Crippen molar-refractivity contribution in [3.05, 3.63) is 548 Å². The van der Waals surface area contributed by atoms with Crippen LogP contribution in [0.1, 0.15) is 0 Å². The van der Waals surface area contributed by atoms with Gasteiger partial charge in [-0.3, -0.25) is 29.9 Å². The monoisotopic (exact) mass is 2620 g/mol. The molecule has 0 bridgehead atoms. The van der Waals surface area contributed by atoms with E-state index < -0.39 is 0 Å². The molecule has 0 N–H and O–H groups in total. The van der Waals surface area contributed by atoms with Crippen molar-refractivity contribution in [2.45, 2.75) is 0 Å². The maximum Gasteiger partial charge on any atom is 2.00 e. The average molecular weight is 2620 g/mol. The summed E-state index contributed by atoms with van der Waals surface area (Å²) in [6.45, 7) is 0. The largest absolute Gasteiger partial charge is 2.00 e. The Morgan fingerprint density at radius 2 is 0.388 bits per heavy atom. The van der Waals surface area contributed by atoms with Crippen LogP contribution in [0.2, 0.25) is 0 Å². The molecule has 714 valence electrons. The smallest absolute Gasteiger partial charge is 0.346 e.